The highest BCUT2D eigenvalue weighted by atomic mass is 16.5. The summed E-state index contributed by atoms with van der Waals surface area (Å²) < 4.78 is 5.40. The van der Waals surface area contributed by atoms with E-state index in [0.717, 1.165) is 48.7 Å². The van der Waals surface area contributed by atoms with E-state index in [0.29, 0.717) is 11.6 Å². The molecule has 2 heterocycles. The predicted molar refractivity (Wildman–Crippen MR) is 86.9 cm³/mol. The standard InChI is InChI=1S/C17H21N3O2/c1-11-14(17(18)21)10-16(19-11)13-4-2-3-5-15(13)20-12-6-8-22-9-7-12/h2-5,10,12,19-20H,6-9H2,1H3,(H2,18,21). The number of nitrogens with one attached hydrogen (secondary N) is 2. The van der Waals surface area contributed by atoms with Crippen LogP contribution in [0.5, 0.6) is 0 Å². The number of hydrogen-bond acceptors (Lipinski definition) is 3. The molecule has 1 aliphatic rings. The summed E-state index contributed by atoms with van der Waals surface area (Å²) in [4.78, 5) is 14.7. The molecule has 0 saturated carbocycles. The molecule has 1 saturated heterocycles. The van der Waals surface area contributed by atoms with Crippen molar-refractivity contribution < 1.29 is 9.53 Å². The van der Waals surface area contributed by atoms with Crippen molar-refractivity contribution in [3.8, 4) is 11.3 Å². The zero-order valence-electron chi connectivity index (χ0n) is 12.7. The van der Waals surface area contributed by atoms with Crippen LogP contribution in [-0.4, -0.2) is 30.1 Å². The maximum atomic E-state index is 11.4. The molecule has 0 atom stereocenters. The first-order valence-electron chi connectivity index (χ1n) is 7.58. The number of primary amides is 1. The summed E-state index contributed by atoms with van der Waals surface area (Å²) >= 11 is 0. The molecule has 0 bridgehead atoms. The van der Waals surface area contributed by atoms with E-state index in [2.05, 4.69) is 16.4 Å². The van der Waals surface area contributed by atoms with E-state index in [9.17, 15) is 4.79 Å². The van der Waals surface area contributed by atoms with Gasteiger partial charge in [-0.1, -0.05) is 18.2 Å². The minimum atomic E-state index is -0.408. The number of H-pyrrole nitrogens is 1. The Bertz CT molecular complexity index is 672. The summed E-state index contributed by atoms with van der Waals surface area (Å²) in [5.41, 5.74) is 9.75. The summed E-state index contributed by atoms with van der Waals surface area (Å²) in [7, 11) is 0. The van der Waals surface area contributed by atoms with Gasteiger partial charge in [-0.25, -0.2) is 0 Å². The van der Waals surface area contributed by atoms with Crippen LogP contribution >= 0.6 is 0 Å². The number of para-hydroxylation sites is 1. The largest absolute Gasteiger partial charge is 0.382 e. The van der Waals surface area contributed by atoms with Gasteiger partial charge in [0.2, 0.25) is 0 Å². The van der Waals surface area contributed by atoms with Crippen LogP contribution in [0.2, 0.25) is 0 Å². The minimum absolute atomic E-state index is 0.408. The highest BCUT2D eigenvalue weighted by Gasteiger charge is 2.17. The molecule has 0 aliphatic carbocycles. The fraction of sp³-hybridized carbons (Fsp3) is 0.353. The number of nitrogens with two attached hydrogens (primary N) is 1. The summed E-state index contributed by atoms with van der Waals surface area (Å²) in [6.45, 7) is 3.46. The molecule has 5 heteroatoms. The van der Waals surface area contributed by atoms with E-state index < -0.39 is 5.91 Å². The second-order valence-electron chi connectivity index (χ2n) is 5.66. The first-order chi connectivity index (χ1) is 10.6. The third kappa shape index (κ3) is 2.99. The van der Waals surface area contributed by atoms with Crippen molar-refractivity contribution in [2.24, 2.45) is 5.73 Å². The van der Waals surface area contributed by atoms with E-state index in [-0.39, 0.29) is 0 Å². The molecule has 1 aromatic heterocycles. The second kappa shape index (κ2) is 6.23. The molecule has 0 unspecified atom stereocenters. The number of hydrogen-bond donors (Lipinski definition) is 3. The topological polar surface area (TPSA) is 80.1 Å². The summed E-state index contributed by atoms with van der Waals surface area (Å²) in [6.07, 6.45) is 2.01. The number of rotatable bonds is 4. The summed E-state index contributed by atoms with van der Waals surface area (Å²) in [5.74, 6) is -0.408. The summed E-state index contributed by atoms with van der Waals surface area (Å²) in [6, 6.07) is 10.3. The monoisotopic (exact) mass is 299 g/mol. The van der Waals surface area contributed by atoms with Crippen LogP contribution in [0.25, 0.3) is 11.3 Å². The van der Waals surface area contributed by atoms with Gasteiger partial charge in [-0.2, -0.15) is 0 Å². The smallest absolute Gasteiger partial charge is 0.250 e. The van der Waals surface area contributed by atoms with Crippen molar-refractivity contribution >= 4 is 11.6 Å². The number of carbonyl (C=O) groups is 1. The fourth-order valence-corrected chi connectivity index (χ4v) is 2.86. The lowest BCUT2D eigenvalue weighted by Crippen LogP contribution is -2.28. The van der Waals surface area contributed by atoms with E-state index in [1.165, 1.54) is 0 Å². The molecular formula is C17H21N3O2. The zero-order chi connectivity index (χ0) is 15.5. The van der Waals surface area contributed by atoms with Gasteiger partial charge < -0.3 is 20.8 Å². The molecule has 22 heavy (non-hydrogen) atoms. The third-order valence-corrected chi connectivity index (χ3v) is 4.08. The average molecular weight is 299 g/mol. The van der Waals surface area contributed by atoms with Crippen molar-refractivity contribution in [1.29, 1.82) is 0 Å². The first-order valence-corrected chi connectivity index (χ1v) is 7.58. The van der Waals surface area contributed by atoms with Gasteiger partial charge in [0.1, 0.15) is 0 Å². The number of anilines is 1. The molecule has 0 spiro atoms. The Morgan fingerprint density at radius 2 is 2.05 bits per heavy atom. The molecule has 3 rings (SSSR count). The van der Waals surface area contributed by atoms with Crippen molar-refractivity contribution in [3.05, 3.63) is 41.6 Å². The van der Waals surface area contributed by atoms with Crippen LogP contribution in [0.3, 0.4) is 0 Å². The number of aryl methyl sites for hydroxylation is 1. The fourth-order valence-electron chi connectivity index (χ4n) is 2.86. The Morgan fingerprint density at radius 3 is 2.73 bits per heavy atom. The average Bonchev–Trinajstić information content (AvgIpc) is 2.91. The predicted octanol–water partition coefficient (Wildman–Crippen LogP) is 2.68. The Hall–Kier alpha value is -2.27. The van der Waals surface area contributed by atoms with Crippen molar-refractivity contribution in [2.45, 2.75) is 25.8 Å². The van der Waals surface area contributed by atoms with Crippen molar-refractivity contribution in [1.82, 2.24) is 4.98 Å². The Morgan fingerprint density at radius 1 is 1.32 bits per heavy atom. The van der Waals surface area contributed by atoms with Gasteiger partial charge in [0.05, 0.1) is 5.56 Å². The molecule has 1 aromatic carbocycles. The number of aromatic nitrogens is 1. The molecular weight excluding hydrogens is 278 g/mol. The van der Waals surface area contributed by atoms with Gasteiger partial charge >= 0.3 is 0 Å². The maximum absolute atomic E-state index is 11.4. The normalized spacial score (nSPS) is 15.7. The van der Waals surface area contributed by atoms with Crippen LogP contribution in [0, 0.1) is 6.92 Å². The first kappa shape index (κ1) is 14.7. The maximum Gasteiger partial charge on any atom is 0.250 e. The van der Waals surface area contributed by atoms with Crippen LogP contribution in [0.4, 0.5) is 5.69 Å². The van der Waals surface area contributed by atoms with Crippen LogP contribution in [-0.2, 0) is 4.74 Å². The van der Waals surface area contributed by atoms with Gasteiger partial charge in [0.15, 0.2) is 0 Å². The van der Waals surface area contributed by atoms with Gasteiger partial charge in [-0.15, -0.1) is 0 Å². The van der Waals surface area contributed by atoms with Gasteiger partial charge in [0.25, 0.3) is 5.91 Å². The number of benzene rings is 1. The van der Waals surface area contributed by atoms with E-state index in [1.807, 2.05) is 31.2 Å². The minimum Gasteiger partial charge on any atom is -0.382 e. The zero-order valence-corrected chi connectivity index (χ0v) is 12.7. The lowest BCUT2D eigenvalue weighted by Gasteiger charge is -2.25. The Kier molecular flexibility index (Phi) is 4.15. The van der Waals surface area contributed by atoms with Gasteiger partial charge in [-0.3, -0.25) is 4.79 Å². The second-order valence-corrected chi connectivity index (χ2v) is 5.66. The van der Waals surface area contributed by atoms with Crippen LogP contribution in [0.1, 0.15) is 28.9 Å². The van der Waals surface area contributed by atoms with Crippen molar-refractivity contribution in [3.63, 3.8) is 0 Å². The number of amides is 1. The molecule has 1 amide bonds. The summed E-state index contributed by atoms with van der Waals surface area (Å²) in [5, 5.41) is 3.59. The molecule has 1 aliphatic heterocycles. The van der Waals surface area contributed by atoms with Gasteiger partial charge in [0, 0.05) is 41.9 Å². The highest BCUT2D eigenvalue weighted by Crippen LogP contribution is 2.30. The van der Waals surface area contributed by atoms with Crippen LogP contribution in [0.15, 0.2) is 30.3 Å². The lowest BCUT2D eigenvalue weighted by molar-refractivity contribution is 0.0904. The molecule has 5 nitrogen and oxygen atoms in total. The number of aromatic amines is 1. The molecule has 1 fully saturated rings. The Labute approximate surface area is 129 Å². The van der Waals surface area contributed by atoms with E-state index >= 15 is 0 Å². The SMILES string of the molecule is Cc1[nH]c(-c2ccccc2NC2CCOCC2)cc1C(N)=O. The molecule has 116 valence electrons. The molecule has 0 radical (unpaired) electrons. The number of carbonyl (C=O) groups excluding carboxylic acids is 1. The van der Waals surface area contributed by atoms with Gasteiger partial charge in [-0.05, 0) is 31.9 Å². The third-order valence-electron chi connectivity index (χ3n) is 4.08. The van der Waals surface area contributed by atoms with Crippen LogP contribution < -0.4 is 11.1 Å². The van der Waals surface area contributed by atoms with E-state index in [1.54, 1.807) is 0 Å². The molecule has 4 N–H and O–H groups in total. The highest BCUT2D eigenvalue weighted by molar-refractivity contribution is 5.96. The number of ether oxygens (including phenoxy) is 1. The molecule has 2 aromatic rings. The quantitative estimate of drug-likeness (QED) is 0.812. The lowest BCUT2D eigenvalue weighted by atomic mass is 10.1. The van der Waals surface area contributed by atoms with E-state index in [4.69, 9.17) is 10.5 Å². The van der Waals surface area contributed by atoms with Crippen molar-refractivity contribution in [2.75, 3.05) is 18.5 Å². The Balaban J connectivity index is 1.90.